The van der Waals surface area contributed by atoms with Gasteiger partial charge < -0.3 is 9.47 Å². The Kier molecular flexibility index (Phi) is 5.80. The van der Waals surface area contributed by atoms with Crippen LogP contribution < -0.4 is 10.0 Å². The average Bonchev–Trinajstić information content (AvgIpc) is 3.26. The number of nitrogens with two attached hydrogens (primary N) is 1. The Morgan fingerprint density at radius 1 is 1.27 bits per heavy atom. The van der Waals surface area contributed by atoms with Crippen molar-refractivity contribution in [2.45, 2.75) is 36.4 Å². The van der Waals surface area contributed by atoms with Gasteiger partial charge in [0, 0.05) is 23.8 Å². The van der Waals surface area contributed by atoms with Crippen molar-refractivity contribution in [1.29, 1.82) is 0 Å². The lowest BCUT2D eigenvalue weighted by atomic mass is 10.2. The molecular formula is C20H21ClN4O3S2. The number of hydrogen-bond acceptors (Lipinski definition) is 5. The molecule has 0 bridgehead atoms. The summed E-state index contributed by atoms with van der Waals surface area (Å²) in [5.41, 5.74) is 3.36. The zero-order chi connectivity index (χ0) is 21.5. The van der Waals surface area contributed by atoms with Gasteiger partial charge in [-0.25, -0.2) is 18.5 Å². The van der Waals surface area contributed by atoms with Crippen LogP contribution in [0.5, 0.6) is 0 Å². The molecule has 0 saturated carbocycles. The second-order valence-corrected chi connectivity index (χ2v) is 10.0. The van der Waals surface area contributed by atoms with Crippen LogP contribution >= 0.6 is 23.4 Å². The number of nitrogens with zero attached hydrogens (tertiary/aromatic N) is 3. The molecular weight excluding hydrogens is 444 g/mol. The number of imidazole rings is 1. The average molecular weight is 465 g/mol. The Morgan fingerprint density at radius 2 is 2.07 bits per heavy atom. The lowest BCUT2D eigenvalue weighted by molar-refractivity contribution is -0.116. The fraction of sp³-hybridized carbons (Fsp3) is 0.300. The number of aromatic nitrogens is 2. The Hall–Kier alpha value is -2.07. The summed E-state index contributed by atoms with van der Waals surface area (Å²) in [6.45, 7) is 3.42. The maximum Gasteiger partial charge on any atom is 0.238 e. The standard InChI is InChI=1S/C20H21ClN4O3S2/c1-2-8-25-18-5-3-14(21)11-16(18)23-20(25)29-12-19(26)24-9-7-13-10-15(30(22,27)28)4-6-17(13)24/h3-6,10-11H,2,7-9,12H2,1H3,(H2,22,27,28). The second-order valence-electron chi connectivity index (χ2n) is 7.10. The first-order chi connectivity index (χ1) is 14.3. The minimum absolute atomic E-state index is 0.0461. The summed E-state index contributed by atoms with van der Waals surface area (Å²) in [6, 6.07) is 10.3. The summed E-state index contributed by atoms with van der Waals surface area (Å²) in [7, 11) is -3.76. The van der Waals surface area contributed by atoms with E-state index in [9.17, 15) is 13.2 Å². The van der Waals surface area contributed by atoms with E-state index in [1.807, 2.05) is 18.2 Å². The summed E-state index contributed by atoms with van der Waals surface area (Å²) in [6.07, 6.45) is 1.55. The molecule has 0 radical (unpaired) electrons. The van der Waals surface area contributed by atoms with E-state index in [-0.39, 0.29) is 16.6 Å². The zero-order valence-electron chi connectivity index (χ0n) is 16.3. The van der Waals surface area contributed by atoms with Gasteiger partial charge in [0.25, 0.3) is 0 Å². The van der Waals surface area contributed by atoms with Crippen molar-refractivity contribution in [2.24, 2.45) is 5.14 Å². The van der Waals surface area contributed by atoms with Gasteiger partial charge >= 0.3 is 0 Å². The van der Waals surface area contributed by atoms with E-state index in [0.717, 1.165) is 40.4 Å². The van der Waals surface area contributed by atoms with Gasteiger partial charge in [0.2, 0.25) is 15.9 Å². The molecule has 0 spiro atoms. The van der Waals surface area contributed by atoms with Gasteiger partial charge in [-0.1, -0.05) is 30.3 Å². The molecule has 0 unspecified atom stereocenters. The van der Waals surface area contributed by atoms with E-state index in [4.69, 9.17) is 16.7 Å². The van der Waals surface area contributed by atoms with Crippen molar-refractivity contribution in [3.63, 3.8) is 0 Å². The van der Waals surface area contributed by atoms with Crippen LogP contribution in [0, 0.1) is 0 Å². The van der Waals surface area contributed by atoms with E-state index in [1.54, 1.807) is 17.0 Å². The van der Waals surface area contributed by atoms with Crippen LogP contribution in [0.2, 0.25) is 5.02 Å². The van der Waals surface area contributed by atoms with Gasteiger partial charge in [0.15, 0.2) is 5.16 Å². The molecule has 1 aliphatic heterocycles. The number of benzene rings is 2. The molecule has 0 aliphatic carbocycles. The fourth-order valence-electron chi connectivity index (χ4n) is 3.65. The highest BCUT2D eigenvalue weighted by atomic mass is 35.5. The van der Waals surface area contributed by atoms with E-state index in [0.29, 0.717) is 18.0 Å². The normalized spacial score (nSPS) is 13.8. The quantitative estimate of drug-likeness (QED) is 0.563. The number of carbonyl (C=O) groups excluding carboxylic acids is 1. The second kappa shape index (κ2) is 8.22. The highest BCUT2D eigenvalue weighted by molar-refractivity contribution is 7.99. The maximum absolute atomic E-state index is 12.9. The summed E-state index contributed by atoms with van der Waals surface area (Å²) >= 11 is 7.49. The molecule has 7 nitrogen and oxygen atoms in total. The third kappa shape index (κ3) is 4.07. The molecule has 0 fully saturated rings. The third-order valence-electron chi connectivity index (χ3n) is 5.02. The number of amides is 1. The van der Waals surface area contributed by atoms with Gasteiger partial charge in [-0.3, -0.25) is 4.79 Å². The SMILES string of the molecule is CCCn1c(SCC(=O)N2CCc3cc(S(N)(=O)=O)ccc32)nc2cc(Cl)ccc21. The minimum Gasteiger partial charge on any atom is -0.319 e. The Morgan fingerprint density at radius 3 is 2.80 bits per heavy atom. The molecule has 30 heavy (non-hydrogen) atoms. The van der Waals surface area contributed by atoms with Gasteiger partial charge in [0.1, 0.15) is 0 Å². The monoisotopic (exact) mass is 464 g/mol. The van der Waals surface area contributed by atoms with Crippen molar-refractivity contribution in [3.05, 3.63) is 47.0 Å². The molecule has 10 heteroatoms. The largest absolute Gasteiger partial charge is 0.319 e. The first-order valence-electron chi connectivity index (χ1n) is 9.52. The molecule has 2 N–H and O–H groups in total. The number of carbonyl (C=O) groups is 1. The van der Waals surface area contributed by atoms with Gasteiger partial charge in [-0.15, -0.1) is 0 Å². The van der Waals surface area contributed by atoms with Crippen LogP contribution in [0.4, 0.5) is 5.69 Å². The van der Waals surface area contributed by atoms with E-state index < -0.39 is 10.0 Å². The van der Waals surface area contributed by atoms with Crippen LogP contribution in [-0.4, -0.2) is 36.2 Å². The molecule has 3 aromatic rings. The topological polar surface area (TPSA) is 98.3 Å². The van der Waals surface area contributed by atoms with Crippen LogP contribution in [0.1, 0.15) is 18.9 Å². The number of halogens is 1. The van der Waals surface area contributed by atoms with Gasteiger partial charge in [-0.05, 0) is 54.8 Å². The maximum atomic E-state index is 12.9. The van der Waals surface area contributed by atoms with Crippen molar-refractivity contribution >= 4 is 56.0 Å². The Bertz CT molecular complexity index is 1240. The summed E-state index contributed by atoms with van der Waals surface area (Å²) in [5, 5.41) is 6.62. The van der Waals surface area contributed by atoms with E-state index >= 15 is 0 Å². The van der Waals surface area contributed by atoms with E-state index in [2.05, 4.69) is 16.5 Å². The first-order valence-corrected chi connectivity index (χ1v) is 12.4. The van der Waals surface area contributed by atoms with Gasteiger partial charge in [0.05, 0.1) is 21.7 Å². The molecule has 158 valence electrons. The van der Waals surface area contributed by atoms with Crippen molar-refractivity contribution in [3.8, 4) is 0 Å². The molecule has 4 rings (SSSR count). The Balaban J connectivity index is 1.53. The summed E-state index contributed by atoms with van der Waals surface area (Å²) in [5.74, 6) is 0.187. The predicted octanol–water partition coefficient (Wildman–Crippen LogP) is 3.43. The smallest absolute Gasteiger partial charge is 0.238 e. The molecule has 2 heterocycles. The highest BCUT2D eigenvalue weighted by Crippen LogP contribution is 2.32. The number of hydrogen-bond donors (Lipinski definition) is 1. The van der Waals surface area contributed by atoms with Crippen molar-refractivity contribution in [2.75, 3.05) is 17.2 Å². The molecule has 2 aromatic carbocycles. The Labute approximate surface area is 184 Å². The number of fused-ring (bicyclic) bond motifs is 2. The minimum atomic E-state index is -3.76. The summed E-state index contributed by atoms with van der Waals surface area (Å²) in [4.78, 5) is 19.3. The summed E-state index contributed by atoms with van der Waals surface area (Å²) < 4.78 is 25.2. The number of anilines is 1. The van der Waals surface area contributed by atoms with Crippen molar-refractivity contribution in [1.82, 2.24) is 9.55 Å². The number of aryl methyl sites for hydroxylation is 1. The third-order valence-corrected chi connectivity index (χ3v) is 7.13. The molecule has 1 aromatic heterocycles. The van der Waals surface area contributed by atoms with Crippen LogP contribution in [0.25, 0.3) is 11.0 Å². The molecule has 1 aliphatic rings. The number of rotatable bonds is 6. The molecule has 1 amide bonds. The van der Waals surface area contributed by atoms with Gasteiger partial charge in [-0.2, -0.15) is 0 Å². The van der Waals surface area contributed by atoms with Crippen molar-refractivity contribution < 1.29 is 13.2 Å². The lowest BCUT2D eigenvalue weighted by Gasteiger charge is -2.17. The predicted molar refractivity (Wildman–Crippen MR) is 120 cm³/mol. The number of thioether (sulfide) groups is 1. The van der Waals surface area contributed by atoms with Crippen LogP contribution in [-0.2, 0) is 27.8 Å². The molecule has 0 atom stereocenters. The highest BCUT2D eigenvalue weighted by Gasteiger charge is 2.26. The van der Waals surface area contributed by atoms with Crippen LogP contribution in [0.15, 0.2) is 46.5 Å². The van der Waals surface area contributed by atoms with E-state index in [1.165, 1.54) is 17.8 Å². The molecule has 0 saturated heterocycles. The number of sulfonamides is 1. The number of primary sulfonamides is 1. The zero-order valence-corrected chi connectivity index (χ0v) is 18.7. The lowest BCUT2D eigenvalue weighted by Crippen LogP contribution is -2.30. The fourth-order valence-corrected chi connectivity index (χ4v) is 5.30. The van der Waals surface area contributed by atoms with Crippen LogP contribution in [0.3, 0.4) is 0 Å². The first kappa shape index (κ1) is 21.2.